The number of para-hydroxylation sites is 1. The van der Waals surface area contributed by atoms with Gasteiger partial charge in [0.25, 0.3) is 0 Å². The molecule has 0 fully saturated rings. The van der Waals surface area contributed by atoms with Gasteiger partial charge < -0.3 is 10.3 Å². The molecule has 2 N–H and O–H groups in total. The van der Waals surface area contributed by atoms with Gasteiger partial charge in [-0.25, -0.2) is 4.68 Å². The van der Waals surface area contributed by atoms with Crippen LogP contribution in [0.1, 0.15) is 17.0 Å². The van der Waals surface area contributed by atoms with Crippen LogP contribution in [-0.2, 0) is 11.2 Å². The molecule has 0 aliphatic carbocycles. The quantitative estimate of drug-likeness (QED) is 0.535. The van der Waals surface area contributed by atoms with E-state index in [9.17, 15) is 4.79 Å². The molecule has 0 atom stereocenters. The van der Waals surface area contributed by atoms with E-state index in [0.717, 1.165) is 39.2 Å². The number of fused-ring (bicyclic) bond motifs is 1. The standard InChI is InChI=1S/C21H19ClN4O/c1-13-21(22)14(2)26(25-13)17-9-7-16(8-10-17)24-20(27)11-15-12-23-19-6-4-3-5-18(15)19/h3-10,12,23H,11H2,1-2H3,(H,24,27). The van der Waals surface area contributed by atoms with Gasteiger partial charge in [-0.15, -0.1) is 0 Å². The van der Waals surface area contributed by atoms with Crippen LogP contribution in [0, 0.1) is 13.8 Å². The van der Waals surface area contributed by atoms with Crippen LogP contribution in [-0.4, -0.2) is 20.7 Å². The molecule has 0 bridgehead atoms. The molecule has 4 aromatic rings. The summed E-state index contributed by atoms with van der Waals surface area (Å²) in [5, 5.41) is 9.14. The van der Waals surface area contributed by atoms with Crippen LogP contribution in [0.5, 0.6) is 0 Å². The normalized spacial score (nSPS) is 11.1. The van der Waals surface area contributed by atoms with Crippen molar-refractivity contribution in [3.05, 3.63) is 76.7 Å². The molecule has 2 aromatic carbocycles. The van der Waals surface area contributed by atoms with Crippen LogP contribution in [0.25, 0.3) is 16.6 Å². The number of halogens is 1. The number of aromatic amines is 1. The summed E-state index contributed by atoms with van der Waals surface area (Å²) in [7, 11) is 0. The molecule has 0 saturated carbocycles. The predicted octanol–water partition coefficient (Wildman–Crippen LogP) is 4.81. The summed E-state index contributed by atoms with van der Waals surface area (Å²) in [5.74, 6) is -0.0540. The molecular formula is C21H19ClN4O. The average molecular weight is 379 g/mol. The molecule has 2 aromatic heterocycles. The van der Waals surface area contributed by atoms with E-state index in [1.807, 2.05) is 68.6 Å². The van der Waals surface area contributed by atoms with Crippen molar-refractivity contribution in [3.8, 4) is 5.69 Å². The Bertz CT molecular complexity index is 1130. The highest BCUT2D eigenvalue weighted by atomic mass is 35.5. The Labute approximate surface area is 162 Å². The minimum Gasteiger partial charge on any atom is -0.361 e. The number of hydrogen-bond acceptors (Lipinski definition) is 2. The molecule has 0 saturated heterocycles. The van der Waals surface area contributed by atoms with Gasteiger partial charge in [-0.2, -0.15) is 5.10 Å². The highest BCUT2D eigenvalue weighted by Crippen LogP contribution is 2.23. The summed E-state index contributed by atoms with van der Waals surface area (Å²) in [6, 6.07) is 15.5. The largest absolute Gasteiger partial charge is 0.361 e. The van der Waals surface area contributed by atoms with Gasteiger partial charge in [0, 0.05) is 22.8 Å². The van der Waals surface area contributed by atoms with Gasteiger partial charge in [0.15, 0.2) is 0 Å². The molecule has 5 nitrogen and oxygen atoms in total. The number of carbonyl (C=O) groups is 1. The highest BCUT2D eigenvalue weighted by molar-refractivity contribution is 6.31. The minimum atomic E-state index is -0.0540. The van der Waals surface area contributed by atoms with Crippen molar-refractivity contribution < 1.29 is 4.79 Å². The summed E-state index contributed by atoms with van der Waals surface area (Å²) in [6.07, 6.45) is 2.21. The van der Waals surface area contributed by atoms with Gasteiger partial charge >= 0.3 is 0 Å². The molecule has 1 amide bonds. The number of benzene rings is 2. The Kier molecular flexibility index (Phi) is 4.46. The van der Waals surface area contributed by atoms with Crippen LogP contribution in [0.15, 0.2) is 54.7 Å². The van der Waals surface area contributed by atoms with E-state index in [1.165, 1.54) is 0 Å². The molecule has 136 valence electrons. The lowest BCUT2D eigenvalue weighted by atomic mass is 10.1. The van der Waals surface area contributed by atoms with Gasteiger partial charge in [0.05, 0.1) is 28.5 Å². The number of aromatic nitrogens is 3. The Morgan fingerprint density at radius 3 is 2.59 bits per heavy atom. The Hall–Kier alpha value is -3.05. The number of hydrogen-bond donors (Lipinski definition) is 2. The first-order valence-corrected chi connectivity index (χ1v) is 9.08. The second-order valence-electron chi connectivity index (χ2n) is 6.53. The zero-order valence-corrected chi connectivity index (χ0v) is 15.8. The molecule has 0 aliphatic rings. The Morgan fingerprint density at radius 2 is 1.89 bits per heavy atom. The van der Waals surface area contributed by atoms with E-state index in [4.69, 9.17) is 11.6 Å². The third-order valence-electron chi connectivity index (χ3n) is 4.62. The zero-order valence-electron chi connectivity index (χ0n) is 15.1. The fraction of sp³-hybridized carbons (Fsp3) is 0.143. The lowest BCUT2D eigenvalue weighted by molar-refractivity contribution is -0.115. The first-order chi connectivity index (χ1) is 13.0. The second-order valence-corrected chi connectivity index (χ2v) is 6.91. The highest BCUT2D eigenvalue weighted by Gasteiger charge is 2.12. The maximum absolute atomic E-state index is 12.4. The lowest BCUT2D eigenvalue weighted by Gasteiger charge is -2.08. The van der Waals surface area contributed by atoms with E-state index in [-0.39, 0.29) is 5.91 Å². The number of rotatable bonds is 4. The van der Waals surface area contributed by atoms with Crippen molar-refractivity contribution in [2.24, 2.45) is 0 Å². The Balaban J connectivity index is 1.48. The number of nitrogens with zero attached hydrogens (tertiary/aromatic N) is 2. The van der Waals surface area contributed by atoms with Crippen molar-refractivity contribution in [1.29, 1.82) is 0 Å². The van der Waals surface area contributed by atoms with E-state index in [2.05, 4.69) is 15.4 Å². The van der Waals surface area contributed by atoms with Crippen LogP contribution >= 0.6 is 11.6 Å². The summed E-state index contributed by atoms with van der Waals surface area (Å²) in [6.45, 7) is 3.81. The first kappa shape index (κ1) is 17.4. The number of amides is 1. The third kappa shape index (κ3) is 3.34. The first-order valence-electron chi connectivity index (χ1n) is 8.70. The summed E-state index contributed by atoms with van der Waals surface area (Å²) in [5.41, 5.74) is 5.36. The number of anilines is 1. The maximum Gasteiger partial charge on any atom is 0.228 e. The Morgan fingerprint density at radius 1 is 1.15 bits per heavy atom. The third-order valence-corrected chi connectivity index (χ3v) is 5.17. The molecule has 2 heterocycles. The predicted molar refractivity (Wildman–Crippen MR) is 109 cm³/mol. The van der Waals surface area contributed by atoms with Crippen LogP contribution in [0.3, 0.4) is 0 Å². The van der Waals surface area contributed by atoms with Crippen molar-refractivity contribution in [2.45, 2.75) is 20.3 Å². The topological polar surface area (TPSA) is 62.7 Å². The molecule has 6 heteroatoms. The van der Waals surface area contributed by atoms with E-state index in [1.54, 1.807) is 4.68 Å². The monoisotopic (exact) mass is 378 g/mol. The van der Waals surface area contributed by atoms with Crippen molar-refractivity contribution in [2.75, 3.05) is 5.32 Å². The average Bonchev–Trinajstić information content (AvgIpc) is 3.19. The molecule has 0 radical (unpaired) electrons. The van der Waals surface area contributed by atoms with Gasteiger partial charge in [-0.05, 0) is 49.7 Å². The van der Waals surface area contributed by atoms with Gasteiger partial charge in [0.2, 0.25) is 5.91 Å². The van der Waals surface area contributed by atoms with Gasteiger partial charge in [-0.3, -0.25) is 4.79 Å². The van der Waals surface area contributed by atoms with Crippen LogP contribution in [0.2, 0.25) is 5.02 Å². The zero-order chi connectivity index (χ0) is 19.0. The van der Waals surface area contributed by atoms with Crippen LogP contribution < -0.4 is 5.32 Å². The molecule has 0 aliphatic heterocycles. The molecular weight excluding hydrogens is 360 g/mol. The number of aryl methyl sites for hydroxylation is 1. The summed E-state index contributed by atoms with van der Waals surface area (Å²) >= 11 is 6.21. The fourth-order valence-electron chi connectivity index (χ4n) is 3.22. The molecule has 0 spiro atoms. The minimum absolute atomic E-state index is 0.0540. The molecule has 0 unspecified atom stereocenters. The van der Waals surface area contributed by atoms with Crippen LogP contribution in [0.4, 0.5) is 5.69 Å². The van der Waals surface area contributed by atoms with Crippen molar-refractivity contribution >= 4 is 34.1 Å². The second kappa shape index (κ2) is 6.93. The number of carbonyl (C=O) groups excluding carboxylic acids is 1. The molecule has 4 rings (SSSR count). The van der Waals surface area contributed by atoms with E-state index < -0.39 is 0 Å². The van der Waals surface area contributed by atoms with E-state index in [0.29, 0.717) is 11.4 Å². The van der Waals surface area contributed by atoms with Crippen molar-refractivity contribution in [3.63, 3.8) is 0 Å². The molecule has 27 heavy (non-hydrogen) atoms. The number of H-pyrrole nitrogens is 1. The fourth-order valence-corrected chi connectivity index (χ4v) is 3.33. The maximum atomic E-state index is 12.4. The lowest BCUT2D eigenvalue weighted by Crippen LogP contribution is -2.14. The smallest absolute Gasteiger partial charge is 0.228 e. The summed E-state index contributed by atoms with van der Waals surface area (Å²) < 4.78 is 1.80. The van der Waals surface area contributed by atoms with Gasteiger partial charge in [-0.1, -0.05) is 29.8 Å². The van der Waals surface area contributed by atoms with Crippen molar-refractivity contribution in [1.82, 2.24) is 14.8 Å². The number of nitrogens with one attached hydrogen (secondary N) is 2. The summed E-state index contributed by atoms with van der Waals surface area (Å²) in [4.78, 5) is 15.6. The SMILES string of the molecule is Cc1nn(-c2ccc(NC(=O)Cc3c[nH]c4ccccc34)cc2)c(C)c1Cl. The van der Waals surface area contributed by atoms with Gasteiger partial charge in [0.1, 0.15) is 0 Å². The van der Waals surface area contributed by atoms with E-state index >= 15 is 0 Å².